The molecule has 1 N–H and O–H groups in total. The monoisotopic (exact) mass is 353 g/mol. The van der Waals surface area contributed by atoms with Crippen LogP contribution in [0.3, 0.4) is 0 Å². The summed E-state index contributed by atoms with van der Waals surface area (Å²) in [4.78, 5) is 16.3. The fourth-order valence-electron chi connectivity index (χ4n) is 2.39. The van der Waals surface area contributed by atoms with Crippen molar-refractivity contribution in [2.24, 2.45) is 0 Å². The van der Waals surface area contributed by atoms with Crippen LogP contribution in [0.15, 0.2) is 65.6 Å². The van der Waals surface area contributed by atoms with E-state index < -0.39 is 5.97 Å². The number of carboxylic acid groups (broad SMARTS) is 1. The third kappa shape index (κ3) is 5.22. The molecule has 1 heterocycles. The molecule has 0 aliphatic carbocycles. The van der Waals surface area contributed by atoms with E-state index in [1.807, 2.05) is 42.5 Å². The number of nitrogens with zero attached hydrogens (tertiary/aromatic N) is 1. The minimum absolute atomic E-state index is 0.132. The van der Waals surface area contributed by atoms with Crippen molar-refractivity contribution in [3.8, 4) is 5.75 Å². The summed E-state index contributed by atoms with van der Waals surface area (Å²) < 4.78 is 5.54. The molecular formula is C20H19NO3S. The van der Waals surface area contributed by atoms with E-state index in [2.05, 4.69) is 23.2 Å². The molecule has 0 atom stereocenters. The second-order valence-corrected chi connectivity index (χ2v) is 6.65. The highest BCUT2D eigenvalue weighted by Gasteiger charge is 2.02. The van der Waals surface area contributed by atoms with Gasteiger partial charge in [0, 0.05) is 22.5 Å². The van der Waals surface area contributed by atoms with E-state index >= 15 is 0 Å². The minimum Gasteiger partial charge on any atom is -0.494 e. The summed E-state index contributed by atoms with van der Waals surface area (Å²) in [5.41, 5.74) is 2.07. The topological polar surface area (TPSA) is 59.4 Å². The smallest absolute Gasteiger partial charge is 0.303 e. The Morgan fingerprint density at radius 1 is 1.04 bits per heavy atom. The fourth-order valence-corrected chi connectivity index (χ4v) is 3.20. The minimum atomic E-state index is -0.794. The highest BCUT2D eigenvalue weighted by atomic mass is 32.2. The van der Waals surface area contributed by atoms with Crippen LogP contribution in [0.2, 0.25) is 0 Å². The molecule has 25 heavy (non-hydrogen) atoms. The largest absolute Gasteiger partial charge is 0.494 e. The first-order valence-electron chi connectivity index (χ1n) is 8.13. The summed E-state index contributed by atoms with van der Waals surface area (Å²) in [6.07, 6.45) is 0.645. The Kier molecular flexibility index (Phi) is 5.90. The first-order valence-corrected chi connectivity index (χ1v) is 9.11. The van der Waals surface area contributed by atoms with Crippen LogP contribution in [0.4, 0.5) is 0 Å². The molecule has 4 nitrogen and oxygen atoms in total. The number of para-hydroxylation sites is 1. The van der Waals surface area contributed by atoms with E-state index in [9.17, 15) is 4.79 Å². The summed E-state index contributed by atoms with van der Waals surface area (Å²) in [5.74, 6) is 0.778. The lowest BCUT2D eigenvalue weighted by atomic mass is 10.2. The van der Waals surface area contributed by atoms with Crippen LogP contribution in [0.25, 0.3) is 10.9 Å². The summed E-state index contributed by atoms with van der Waals surface area (Å²) in [5, 5.41) is 9.75. The molecule has 1 aromatic heterocycles. The van der Waals surface area contributed by atoms with Crippen molar-refractivity contribution in [3.63, 3.8) is 0 Å². The van der Waals surface area contributed by atoms with Crippen LogP contribution in [0.5, 0.6) is 5.75 Å². The van der Waals surface area contributed by atoms with Gasteiger partial charge in [-0.1, -0.05) is 24.3 Å². The molecule has 0 saturated heterocycles. The molecule has 0 saturated carbocycles. The average Bonchev–Trinajstić information content (AvgIpc) is 2.64. The zero-order valence-electron chi connectivity index (χ0n) is 13.7. The van der Waals surface area contributed by atoms with E-state index in [1.165, 1.54) is 0 Å². The molecule has 128 valence electrons. The maximum atomic E-state index is 10.5. The zero-order chi connectivity index (χ0) is 17.5. The summed E-state index contributed by atoms with van der Waals surface area (Å²) in [6, 6.07) is 20.1. The van der Waals surface area contributed by atoms with Gasteiger partial charge < -0.3 is 9.84 Å². The molecule has 0 amide bonds. The van der Waals surface area contributed by atoms with Gasteiger partial charge in [0.1, 0.15) is 5.75 Å². The van der Waals surface area contributed by atoms with Crippen LogP contribution in [-0.4, -0.2) is 22.7 Å². The lowest BCUT2D eigenvalue weighted by Gasteiger charge is -2.07. The first-order chi connectivity index (χ1) is 12.2. The average molecular weight is 353 g/mol. The van der Waals surface area contributed by atoms with Crippen LogP contribution < -0.4 is 4.74 Å². The molecule has 3 rings (SSSR count). The second kappa shape index (κ2) is 8.53. The van der Waals surface area contributed by atoms with Gasteiger partial charge in [0.25, 0.3) is 0 Å². The maximum Gasteiger partial charge on any atom is 0.303 e. The summed E-state index contributed by atoms with van der Waals surface area (Å²) >= 11 is 1.73. The third-order valence-corrected chi connectivity index (χ3v) is 4.72. The Morgan fingerprint density at radius 3 is 2.64 bits per heavy atom. The number of hydrogen-bond donors (Lipinski definition) is 1. The van der Waals surface area contributed by atoms with Crippen molar-refractivity contribution in [1.82, 2.24) is 4.98 Å². The van der Waals surface area contributed by atoms with Crippen molar-refractivity contribution in [2.75, 3.05) is 6.61 Å². The maximum absolute atomic E-state index is 10.5. The Labute approximate surface area is 150 Å². The Bertz CT molecular complexity index is 849. The van der Waals surface area contributed by atoms with Crippen molar-refractivity contribution in [2.45, 2.75) is 23.5 Å². The molecule has 0 unspecified atom stereocenters. The van der Waals surface area contributed by atoms with Gasteiger partial charge >= 0.3 is 5.97 Å². The molecule has 5 heteroatoms. The second-order valence-electron chi connectivity index (χ2n) is 5.60. The number of benzene rings is 2. The van der Waals surface area contributed by atoms with Crippen LogP contribution in [-0.2, 0) is 10.5 Å². The molecule has 0 radical (unpaired) electrons. The van der Waals surface area contributed by atoms with Gasteiger partial charge in [-0.15, -0.1) is 11.8 Å². The first kappa shape index (κ1) is 17.3. The highest BCUT2D eigenvalue weighted by molar-refractivity contribution is 7.98. The predicted molar refractivity (Wildman–Crippen MR) is 100 cm³/mol. The van der Waals surface area contributed by atoms with Crippen LogP contribution >= 0.6 is 11.8 Å². The molecule has 0 aliphatic rings. The van der Waals surface area contributed by atoms with Crippen molar-refractivity contribution >= 4 is 28.6 Å². The molecule has 3 aromatic rings. The van der Waals surface area contributed by atoms with Gasteiger partial charge in [-0.2, -0.15) is 0 Å². The van der Waals surface area contributed by atoms with Crippen molar-refractivity contribution in [1.29, 1.82) is 0 Å². The number of aromatic nitrogens is 1. The zero-order valence-corrected chi connectivity index (χ0v) is 14.5. The van der Waals surface area contributed by atoms with E-state index in [0.29, 0.717) is 13.0 Å². The quantitative estimate of drug-likeness (QED) is 0.467. The summed E-state index contributed by atoms with van der Waals surface area (Å²) in [7, 11) is 0. The molecule has 0 fully saturated rings. The van der Waals surface area contributed by atoms with E-state index in [4.69, 9.17) is 9.84 Å². The lowest BCUT2D eigenvalue weighted by Crippen LogP contribution is -2.01. The number of aliphatic carboxylic acids is 1. The number of carbonyl (C=O) groups is 1. The van der Waals surface area contributed by atoms with E-state index in [-0.39, 0.29) is 6.42 Å². The fraction of sp³-hybridized carbons (Fsp3) is 0.200. The predicted octanol–water partition coefficient (Wildman–Crippen LogP) is 4.77. The number of ether oxygens (including phenoxy) is 1. The number of hydrogen-bond acceptors (Lipinski definition) is 4. The molecular weight excluding hydrogens is 334 g/mol. The van der Waals surface area contributed by atoms with Crippen molar-refractivity contribution < 1.29 is 14.6 Å². The third-order valence-electron chi connectivity index (χ3n) is 3.67. The van der Waals surface area contributed by atoms with Gasteiger partial charge in [0.15, 0.2) is 0 Å². The lowest BCUT2D eigenvalue weighted by molar-refractivity contribution is -0.137. The number of pyridine rings is 1. The number of carboxylic acids is 1. The van der Waals surface area contributed by atoms with Gasteiger partial charge in [-0.25, -0.2) is 0 Å². The number of fused-ring (bicyclic) bond motifs is 1. The van der Waals surface area contributed by atoms with Gasteiger partial charge in [0.05, 0.1) is 17.8 Å². The SMILES string of the molecule is O=C(O)CCCOc1ccc(SCc2ccc3ccccc3n2)cc1. The molecule has 2 aromatic carbocycles. The Balaban J connectivity index is 1.51. The Morgan fingerprint density at radius 2 is 1.84 bits per heavy atom. The van der Waals surface area contributed by atoms with Gasteiger partial charge in [-0.3, -0.25) is 9.78 Å². The van der Waals surface area contributed by atoms with Gasteiger partial charge in [0.2, 0.25) is 0 Å². The summed E-state index contributed by atoms with van der Waals surface area (Å²) in [6.45, 7) is 0.416. The Hall–Kier alpha value is -2.53. The van der Waals surface area contributed by atoms with Gasteiger partial charge in [-0.05, 0) is 42.8 Å². The standard InChI is InChI=1S/C20H19NO3S/c22-20(23)6-3-13-24-17-9-11-18(12-10-17)25-14-16-8-7-15-4-1-2-5-19(15)21-16/h1-2,4-5,7-12H,3,6,13-14H2,(H,22,23). The molecule has 0 spiro atoms. The van der Waals surface area contributed by atoms with E-state index in [1.54, 1.807) is 11.8 Å². The number of thioether (sulfide) groups is 1. The molecule has 0 aliphatic heterocycles. The highest BCUT2D eigenvalue weighted by Crippen LogP contribution is 2.25. The van der Waals surface area contributed by atoms with Crippen molar-refractivity contribution in [3.05, 3.63) is 66.4 Å². The van der Waals surface area contributed by atoms with E-state index in [0.717, 1.165) is 33.0 Å². The number of rotatable bonds is 8. The van der Waals surface area contributed by atoms with Crippen LogP contribution in [0, 0.1) is 0 Å². The molecule has 0 bridgehead atoms. The van der Waals surface area contributed by atoms with Crippen LogP contribution in [0.1, 0.15) is 18.5 Å². The normalized spacial score (nSPS) is 10.7.